The van der Waals surface area contributed by atoms with Crippen molar-refractivity contribution in [1.82, 2.24) is 0 Å². The molecule has 0 fully saturated rings. The molecule has 0 saturated carbocycles. The van der Waals surface area contributed by atoms with E-state index in [2.05, 4.69) is 0 Å². The monoisotopic (exact) mass is 420 g/mol. The van der Waals surface area contributed by atoms with Crippen molar-refractivity contribution in [3.05, 3.63) is 41.0 Å². The number of carbonyl (C=O) groups is 5. The zero-order valence-electron chi connectivity index (χ0n) is 17.1. The molecule has 0 bridgehead atoms. The van der Waals surface area contributed by atoms with Gasteiger partial charge in [-0.05, 0) is 39.0 Å². The quantitative estimate of drug-likeness (QED) is 0.143. The molecule has 0 spiro atoms. The summed E-state index contributed by atoms with van der Waals surface area (Å²) in [4.78, 5) is 59.7. The second-order valence-electron chi connectivity index (χ2n) is 5.89. The maximum Gasteiger partial charge on any atom is 0.334 e. The fraction of sp³-hybridized carbons (Fsp3) is 0.381. The highest BCUT2D eigenvalue weighted by atomic mass is 16.5. The maximum absolute atomic E-state index is 12.4. The first-order valence-corrected chi connectivity index (χ1v) is 9.32. The smallest absolute Gasteiger partial charge is 0.334 e. The van der Waals surface area contributed by atoms with Crippen LogP contribution in [0.15, 0.2) is 24.3 Å². The number of rotatable bonds is 11. The third-order valence-corrected chi connectivity index (χ3v) is 3.63. The lowest BCUT2D eigenvalue weighted by atomic mass is 9.97. The molecule has 0 aliphatic rings. The van der Waals surface area contributed by atoms with Crippen LogP contribution in [0, 0.1) is 0 Å². The number of ketones is 2. The molecule has 0 heterocycles. The van der Waals surface area contributed by atoms with Crippen LogP contribution in [0.25, 0.3) is 5.76 Å². The molecule has 9 heteroatoms. The second kappa shape index (κ2) is 12.2. The van der Waals surface area contributed by atoms with Crippen molar-refractivity contribution in [2.45, 2.75) is 33.6 Å². The molecule has 1 rings (SSSR count). The molecule has 0 radical (unpaired) electrons. The third-order valence-electron chi connectivity index (χ3n) is 3.63. The number of hydrogen-bond acceptors (Lipinski definition) is 9. The van der Waals surface area contributed by atoms with Crippen LogP contribution in [0.3, 0.4) is 0 Å². The molecule has 0 aliphatic heterocycles. The average molecular weight is 420 g/mol. The number of Topliss-reactive ketones (excluding diaryl/α,β-unsaturated/α-hetero) is 2. The molecule has 0 amide bonds. The van der Waals surface area contributed by atoms with E-state index in [0.29, 0.717) is 0 Å². The molecule has 0 atom stereocenters. The van der Waals surface area contributed by atoms with Gasteiger partial charge in [0.15, 0.2) is 11.6 Å². The zero-order chi connectivity index (χ0) is 22.7. The molecule has 1 aromatic carbocycles. The second-order valence-corrected chi connectivity index (χ2v) is 5.89. The van der Waals surface area contributed by atoms with Crippen LogP contribution < -0.4 is 0 Å². The van der Waals surface area contributed by atoms with Crippen LogP contribution in [0.2, 0.25) is 0 Å². The predicted octanol–water partition coefficient (Wildman–Crippen LogP) is 2.42. The normalized spacial score (nSPS) is 10.8. The fourth-order valence-electron chi connectivity index (χ4n) is 2.37. The Hall–Kier alpha value is -3.49. The summed E-state index contributed by atoms with van der Waals surface area (Å²) < 4.78 is 14.2. The van der Waals surface area contributed by atoms with Crippen LogP contribution in [-0.2, 0) is 28.6 Å². The van der Waals surface area contributed by atoms with Crippen LogP contribution in [0.5, 0.6) is 0 Å². The Morgan fingerprint density at radius 3 is 1.53 bits per heavy atom. The van der Waals surface area contributed by atoms with E-state index in [1.54, 1.807) is 20.8 Å². The number of ether oxygens (including phenoxy) is 3. The topological polar surface area (TPSA) is 133 Å². The minimum atomic E-state index is -0.822. The highest BCUT2D eigenvalue weighted by molar-refractivity contribution is 6.10. The van der Waals surface area contributed by atoms with Crippen molar-refractivity contribution in [3.8, 4) is 0 Å². The summed E-state index contributed by atoms with van der Waals surface area (Å²) in [5.74, 6) is -4.20. The van der Waals surface area contributed by atoms with Crippen LogP contribution in [0.4, 0.5) is 0 Å². The van der Waals surface area contributed by atoms with Crippen LogP contribution >= 0.6 is 0 Å². The lowest BCUT2D eigenvalue weighted by Crippen LogP contribution is -2.14. The van der Waals surface area contributed by atoms with E-state index < -0.39 is 48.1 Å². The van der Waals surface area contributed by atoms with Crippen molar-refractivity contribution in [1.29, 1.82) is 0 Å². The molecule has 9 nitrogen and oxygen atoms in total. The largest absolute Gasteiger partial charge is 0.507 e. The average Bonchev–Trinajstić information content (AvgIpc) is 2.67. The lowest BCUT2D eigenvalue weighted by molar-refractivity contribution is -0.143. The third kappa shape index (κ3) is 7.86. The SMILES string of the molecule is CCOC(=O)/C=C(\O)c1cc(C(=O)CC(=O)OCC)cc(C(=O)CC(=O)OCC)c1. The maximum atomic E-state index is 12.4. The van der Waals surface area contributed by atoms with Crippen molar-refractivity contribution in [3.63, 3.8) is 0 Å². The summed E-state index contributed by atoms with van der Waals surface area (Å²) in [6.07, 6.45) is -0.367. The number of aliphatic hydroxyl groups is 1. The van der Waals surface area contributed by atoms with Gasteiger partial charge in [0.1, 0.15) is 18.6 Å². The van der Waals surface area contributed by atoms with E-state index in [9.17, 15) is 29.1 Å². The molecular formula is C21H24O9. The fourth-order valence-corrected chi connectivity index (χ4v) is 2.37. The Balaban J connectivity index is 3.31. The van der Waals surface area contributed by atoms with E-state index in [4.69, 9.17) is 14.2 Å². The molecule has 1 aromatic rings. The molecule has 0 aliphatic carbocycles. The van der Waals surface area contributed by atoms with E-state index in [1.807, 2.05) is 0 Å². The van der Waals surface area contributed by atoms with E-state index >= 15 is 0 Å². The standard InChI is InChI=1S/C21H24O9/c1-4-28-19(25)10-16(22)13-7-14(17(23)11-20(26)29-5-2)9-15(8-13)18(24)12-21(27)30-6-3/h7-10,22H,4-6,11-12H2,1-3H3/b16-10-. The first-order chi connectivity index (χ1) is 14.2. The molecule has 1 N–H and O–H groups in total. The van der Waals surface area contributed by atoms with Gasteiger partial charge in [0.2, 0.25) is 0 Å². The Labute approximate surface area is 173 Å². The molecule has 0 saturated heterocycles. The number of esters is 3. The van der Waals surface area contributed by atoms with Gasteiger partial charge >= 0.3 is 17.9 Å². The summed E-state index contributed by atoms with van der Waals surface area (Å²) >= 11 is 0. The predicted molar refractivity (Wildman–Crippen MR) is 105 cm³/mol. The van der Waals surface area contributed by atoms with Crippen molar-refractivity contribution in [2.75, 3.05) is 19.8 Å². The van der Waals surface area contributed by atoms with Crippen molar-refractivity contribution >= 4 is 35.2 Å². The minimum absolute atomic E-state index is 0.0371. The summed E-state index contributed by atoms with van der Waals surface area (Å²) in [6, 6.07) is 3.63. The van der Waals surface area contributed by atoms with Crippen LogP contribution in [-0.4, -0.2) is 54.4 Å². The Morgan fingerprint density at radius 2 is 1.13 bits per heavy atom. The van der Waals surface area contributed by atoms with Crippen molar-refractivity contribution < 1.29 is 43.3 Å². The molecule has 30 heavy (non-hydrogen) atoms. The summed E-state index contributed by atoms with van der Waals surface area (Å²) in [6.45, 7) is 5.05. The minimum Gasteiger partial charge on any atom is -0.507 e. The van der Waals surface area contributed by atoms with Gasteiger partial charge < -0.3 is 19.3 Å². The van der Waals surface area contributed by atoms with Gasteiger partial charge in [-0.3, -0.25) is 19.2 Å². The van der Waals surface area contributed by atoms with Gasteiger partial charge in [0, 0.05) is 16.7 Å². The number of hydrogen-bond donors (Lipinski definition) is 1. The van der Waals surface area contributed by atoms with E-state index in [1.165, 1.54) is 18.2 Å². The van der Waals surface area contributed by atoms with E-state index in [0.717, 1.165) is 6.08 Å². The molecular weight excluding hydrogens is 396 g/mol. The summed E-state index contributed by atoms with van der Waals surface area (Å²) in [5, 5.41) is 10.2. The van der Waals surface area contributed by atoms with Gasteiger partial charge in [0.25, 0.3) is 0 Å². The number of aliphatic hydroxyl groups excluding tert-OH is 1. The van der Waals surface area contributed by atoms with Gasteiger partial charge in [-0.1, -0.05) is 0 Å². The zero-order valence-corrected chi connectivity index (χ0v) is 17.1. The Morgan fingerprint density at radius 1 is 0.733 bits per heavy atom. The van der Waals surface area contributed by atoms with Gasteiger partial charge in [-0.2, -0.15) is 0 Å². The summed E-state index contributed by atoms with van der Waals surface area (Å²) in [5.41, 5.74) is -0.182. The number of carbonyl (C=O) groups excluding carboxylic acids is 5. The Kier molecular flexibility index (Phi) is 9.94. The first-order valence-electron chi connectivity index (χ1n) is 9.32. The van der Waals surface area contributed by atoms with Crippen LogP contribution in [0.1, 0.15) is 59.9 Å². The first kappa shape index (κ1) is 24.5. The highest BCUT2D eigenvalue weighted by Crippen LogP contribution is 2.20. The van der Waals surface area contributed by atoms with Gasteiger partial charge in [0.05, 0.1) is 25.9 Å². The van der Waals surface area contributed by atoms with Gasteiger partial charge in [-0.25, -0.2) is 4.79 Å². The van der Waals surface area contributed by atoms with Gasteiger partial charge in [-0.15, -0.1) is 0 Å². The number of benzene rings is 1. The highest BCUT2D eigenvalue weighted by Gasteiger charge is 2.20. The molecule has 0 aromatic heterocycles. The molecule has 0 unspecified atom stereocenters. The lowest BCUT2D eigenvalue weighted by Gasteiger charge is -2.09. The summed E-state index contributed by atoms with van der Waals surface area (Å²) in [7, 11) is 0. The van der Waals surface area contributed by atoms with E-state index in [-0.39, 0.29) is 36.5 Å². The van der Waals surface area contributed by atoms with Crippen molar-refractivity contribution in [2.24, 2.45) is 0 Å². The molecule has 162 valence electrons. The Bertz CT molecular complexity index is 802.